The second-order valence-electron chi connectivity index (χ2n) is 9.89. The Labute approximate surface area is 216 Å². The highest BCUT2D eigenvalue weighted by Gasteiger charge is 2.28. The van der Waals surface area contributed by atoms with Gasteiger partial charge in [0.1, 0.15) is 28.1 Å². The van der Waals surface area contributed by atoms with Gasteiger partial charge in [-0.3, -0.25) is 4.68 Å². The minimum Gasteiger partial charge on any atom is -0.444 e. The third-order valence-electron chi connectivity index (χ3n) is 5.82. The van der Waals surface area contributed by atoms with Crippen molar-refractivity contribution in [3.63, 3.8) is 0 Å². The van der Waals surface area contributed by atoms with Crippen LogP contribution in [0.1, 0.15) is 39.0 Å². The molecule has 1 fully saturated rings. The van der Waals surface area contributed by atoms with Crippen molar-refractivity contribution in [2.24, 2.45) is 0 Å². The lowest BCUT2D eigenvalue weighted by atomic mass is 10.2. The van der Waals surface area contributed by atoms with Crippen molar-refractivity contribution in [1.29, 1.82) is 0 Å². The molecule has 0 aromatic carbocycles. The topological polar surface area (TPSA) is 131 Å². The first kappa shape index (κ1) is 26.6. The number of pyridine rings is 1. The van der Waals surface area contributed by atoms with Gasteiger partial charge in [0, 0.05) is 39.0 Å². The molecule has 2 N–H and O–H groups in total. The Morgan fingerprint density at radius 3 is 2.59 bits per heavy atom. The van der Waals surface area contributed by atoms with Crippen LogP contribution in [0.15, 0.2) is 18.3 Å². The molecule has 1 aliphatic rings. The molecule has 0 aliphatic carbocycles. The van der Waals surface area contributed by atoms with Crippen LogP contribution >= 0.6 is 0 Å². The van der Waals surface area contributed by atoms with E-state index in [9.17, 15) is 9.90 Å². The third-order valence-corrected chi connectivity index (χ3v) is 5.82. The number of anilines is 3. The number of amides is 1. The van der Waals surface area contributed by atoms with Gasteiger partial charge in [0.05, 0.1) is 19.8 Å². The smallest absolute Gasteiger partial charge is 0.410 e. The summed E-state index contributed by atoms with van der Waals surface area (Å²) < 4.78 is 12.8. The summed E-state index contributed by atoms with van der Waals surface area (Å²) in [6.45, 7) is 12.8. The summed E-state index contributed by atoms with van der Waals surface area (Å²) in [5.74, 6) is 1.67. The maximum Gasteiger partial charge on any atom is 0.410 e. The number of hydrogen-bond donors (Lipinski definition) is 2. The molecule has 0 bridgehead atoms. The summed E-state index contributed by atoms with van der Waals surface area (Å²) in [6, 6.07) is 3.85. The molecule has 200 valence electrons. The molecule has 0 spiro atoms. The molecular weight excluding hydrogens is 476 g/mol. The monoisotopic (exact) mass is 512 g/mol. The second kappa shape index (κ2) is 11.3. The molecule has 3 aromatic rings. The summed E-state index contributed by atoms with van der Waals surface area (Å²) in [7, 11) is 0. The highest BCUT2D eigenvalue weighted by molar-refractivity contribution is 5.90. The van der Waals surface area contributed by atoms with E-state index in [4.69, 9.17) is 19.4 Å². The minimum absolute atomic E-state index is 0.261. The van der Waals surface area contributed by atoms with Gasteiger partial charge < -0.3 is 29.7 Å². The first-order chi connectivity index (χ1) is 17.7. The van der Waals surface area contributed by atoms with Crippen LogP contribution in [0.25, 0.3) is 11.0 Å². The van der Waals surface area contributed by atoms with Gasteiger partial charge in [0.2, 0.25) is 5.95 Å². The van der Waals surface area contributed by atoms with E-state index in [1.807, 2.05) is 51.7 Å². The Kier molecular flexibility index (Phi) is 8.08. The van der Waals surface area contributed by atoms with Crippen molar-refractivity contribution >= 4 is 34.7 Å². The standard InChI is InChI=1S/C25H36N8O4/c1-6-36-14-13-33-21-20(18(16-34)30-33)28-23(29-22(21)27-19-15-17(2)7-8-26-19)31-9-11-32(12-10-31)24(35)37-25(3,4)5/h7-8,15,34H,6,9-14,16H2,1-5H3,(H,26,27,28,29). The number of ether oxygens (including phenoxy) is 2. The van der Waals surface area contributed by atoms with Gasteiger partial charge in [0.25, 0.3) is 0 Å². The summed E-state index contributed by atoms with van der Waals surface area (Å²) >= 11 is 0. The lowest BCUT2D eigenvalue weighted by Gasteiger charge is -2.35. The quantitative estimate of drug-likeness (QED) is 0.434. The molecule has 0 unspecified atom stereocenters. The van der Waals surface area contributed by atoms with Crippen LogP contribution in [0.5, 0.6) is 0 Å². The molecule has 0 radical (unpaired) electrons. The molecular formula is C25H36N8O4. The van der Waals surface area contributed by atoms with Crippen molar-refractivity contribution in [2.75, 3.05) is 49.6 Å². The van der Waals surface area contributed by atoms with Crippen molar-refractivity contribution in [3.8, 4) is 0 Å². The fraction of sp³-hybridized carbons (Fsp3) is 0.560. The Balaban J connectivity index is 1.66. The van der Waals surface area contributed by atoms with E-state index in [0.29, 0.717) is 80.2 Å². The zero-order chi connectivity index (χ0) is 26.6. The SMILES string of the molecule is CCOCCn1nc(CO)c2nc(N3CCN(C(=O)OC(C)(C)C)CC3)nc(Nc3cc(C)ccn3)c21. The van der Waals surface area contributed by atoms with Gasteiger partial charge >= 0.3 is 6.09 Å². The molecule has 1 saturated heterocycles. The molecule has 0 saturated carbocycles. The number of piperazine rings is 1. The van der Waals surface area contributed by atoms with Crippen LogP contribution in [0.3, 0.4) is 0 Å². The number of aliphatic hydroxyl groups is 1. The van der Waals surface area contributed by atoms with E-state index in [1.165, 1.54) is 0 Å². The average molecular weight is 513 g/mol. The lowest BCUT2D eigenvalue weighted by molar-refractivity contribution is 0.0240. The lowest BCUT2D eigenvalue weighted by Crippen LogP contribution is -2.50. The molecule has 4 heterocycles. The van der Waals surface area contributed by atoms with E-state index in [0.717, 1.165) is 5.56 Å². The molecule has 0 atom stereocenters. The summed E-state index contributed by atoms with van der Waals surface area (Å²) in [5, 5.41) is 18.0. The number of aliphatic hydroxyl groups excluding tert-OH is 1. The normalized spacial score (nSPS) is 14.3. The fourth-order valence-corrected chi connectivity index (χ4v) is 4.07. The average Bonchev–Trinajstić information content (AvgIpc) is 3.21. The number of carbonyl (C=O) groups is 1. The van der Waals surface area contributed by atoms with Gasteiger partial charge in [-0.15, -0.1) is 0 Å². The Hall–Kier alpha value is -3.51. The van der Waals surface area contributed by atoms with Crippen LogP contribution in [0, 0.1) is 6.92 Å². The van der Waals surface area contributed by atoms with Crippen LogP contribution < -0.4 is 10.2 Å². The van der Waals surface area contributed by atoms with Crippen molar-refractivity contribution < 1.29 is 19.4 Å². The number of hydrogen-bond acceptors (Lipinski definition) is 10. The highest BCUT2D eigenvalue weighted by Crippen LogP contribution is 2.29. The number of nitrogens with one attached hydrogen (secondary N) is 1. The van der Waals surface area contributed by atoms with Crippen LogP contribution in [0.4, 0.5) is 22.4 Å². The van der Waals surface area contributed by atoms with Crippen molar-refractivity contribution in [3.05, 3.63) is 29.6 Å². The summed E-state index contributed by atoms with van der Waals surface area (Å²) in [5.41, 5.74) is 2.21. The summed E-state index contributed by atoms with van der Waals surface area (Å²) in [6.07, 6.45) is 1.41. The first-order valence-electron chi connectivity index (χ1n) is 12.6. The van der Waals surface area contributed by atoms with E-state index in [2.05, 4.69) is 15.4 Å². The van der Waals surface area contributed by atoms with Gasteiger partial charge in [-0.2, -0.15) is 10.1 Å². The number of rotatable bonds is 8. The number of fused-ring (bicyclic) bond motifs is 1. The minimum atomic E-state index is -0.546. The van der Waals surface area contributed by atoms with E-state index in [1.54, 1.807) is 15.8 Å². The summed E-state index contributed by atoms with van der Waals surface area (Å²) in [4.78, 5) is 30.3. The van der Waals surface area contributed by atoms with Gasteiger partial charge in [-0.05, 0) is 52.3 Å². The third kappa shape index (κ3) is 6.44. The number of aryl methyl sites for hydroxylation is 1. The number of nitrogens with zero attached hydrogens (tertiary/aromatic N) is 7. The van der Waals surface area contributed by atoms with E-state index >= 15 is 0 Å². The van der Waals surface area contributed by atoms with Crippen LogP contribution in [0.2, 0.25) is 0 Å². The second-order valence-corrected chi connectivity index (χ2v) is 9.89. The predicted molar refractivity (Wildman–Crippen MR) is 140 cm³/mol. The zero-order valence-electron chi connectivity index (χ0n) is 22.2. The maximum atomic E-state index is 12.5. The fourth-order valence-electron chi connectivity index (χ4n) is 4.07. The Morgan fingerprint density at radius 2 is 1.95 bits per heavy atom. The van der Waals surface area contributed by atoms with Gasteiger partial charge in [-0.25, -0.2) is 14.8 Å². The Morgan fingerprint density at radius 1 is 1.19 bits per heavy atom. The number of carbonyl (C=O) groups excluding carboxylic acids is 1. The van der Waals surface area contributed by atoms with Gasteiger partial charge in [-0.1, -0.05) is 0 Å². The van der Waals surface area contributed by atoms with E-state index in [-0.39, 0.29) is 12.7 Å². The van der Waals surface area contributed by atoms with Crippen molar-refractivity contribution in [2.45, 2.75) is 53.4 Å². The molecule has 12 nitrogen and oxygen atoms in total. The largest absolute Gasteiger partial charge is 0.444 e. The molecule has 1 aliphatic heterocycles. The van der Waals surface area contributed by atoms with Crippen LogP contribution in [-0.4, -0.2) is 85.8 Å². The molecule has 3 aromatic heterocycles. The molecule has 37 heavy (non-hydrogen) atoms. The molecule has 1 amide bonds. The van der Waals surface area contributed by atoms with Gasteiger partial charge in [0.15, 0.2) is 5.82 Å². The molecule has 4 rings (SSSR count). The molecule has 12 heteroatoms. The zero-order valence-corrected chi connectivity index (χ0v) is 22.2. The van der Waals surface area contributed by atoms with Crippen LogP contribution in [-0.2, 0) is 22.6 Å². The number of aromatic nitrogens is 5. The maximum absolute atomic E-state index is 12.5. The Bertz CT molecular complexity index is 1230. The van der Waals surface area contributed by atoms with Crippen molar-refractivity contribution in [1.82, 2.24) is 29.6 Å². The predicted octanol–water partition coefficient (Wildman–Crippen LogP) is 2.86. The first-order valence-corrected chi connectivity index (χ1v) is 12.6. The van der Waals surface area contributed by atoms with E-state index < -0.39 is 5.60 Å². The highest BCUT2D eigenvalue weighted by atomic mass is 16.6.